The van der Waals surface area contributed by atoms with Crippen molar-refractivity contribution in [2.24, 2.45) is 0 Å². The third-order valence-electron chi connectivity index (χ3n) is 4.30. The van der Waals surface area contributed by atoms with Crippen molar-refractivity contribution in [3.05, 3.63) is 29.3 Å². The molecular formula is C17H25ClN2O3. The van der Waals surface area contributed by atoms with Crippen LogP contribution < -0.4 is 4.74 Å². The highest BCUT2D eigenvalue weighted by molar-refractivity contribution is 6.30. The molecule has 1 aliphatic heterocycles. The molecule has 0 spiro atoms. The van der Waals surface area contributed by atoms with Gasteiger partial charge in [0.05, 0.1) is 6.61 Å². The van der Waals surface area contributed by atoms with Gasteiger partial charge in [0, 0.05) is 37.2 Å². The van der Waals surface area contributed by atoms with Crippen LogP contribution in [0.1, 0.15) is 20.3 Å². The minimum Gasteiger partial charge on any atom is -0.481 e. The molecule has 128 valence electrons. The van der Waals surface area contributed by atoms with Gasteiger partial charge in [-0.3, -0.25) is 9.69 Å². The molecule has 2 rings (SSSR count). The van der Waals surface area contributed by atoms with Gasteiger partial charge < -0.3 is 14.7 Å². The van der Waals surface area contributed by atoms with Crippen LogP contribution in [0.25, 0.3) is 0 Å². The van der Waals surface area contributed by atoms with E-state index in [0.717, 1.165) is 19.5 Å². The highest BCUT2D eigenvalue weighted by atomic mass is 35.5. The summed E-state index contributed by atoms with van der Waals surface area (Å²) in [6, 6.07) is 7.20. The third-order valence-corrected chi connectivity index (χ3v) is 4.55. The van der Waals surface area contributed by atoms with Crippen molar-refractivity contribution in [2.75, 3.05) is 32.8 Å². The first kappa shape index (κ1) is 18.0. The number of aliphatic hydroxyl groups excluding tert-OH is 1. The van der Waals surface area contributed by atoms with Gasteiger partial charge in [0.2, 0.25) is 0 Å². The summed E-state index contributed by atoms with van der Waals surface area (Å²) < 4.78 is 5.70. The lowest BCUT2D eigenvalue weighted by molar-refractivity contribution is -0.140. The van der Waals surface area contributed by atoms with Crippen LogP contribution in [-0.2, 0) is 4.79 Å². The summed E-state index contributed by atoms with van der Waals surface area (Å²) in [5, 5.41) is 10.0. The number of rotatable bonds is 6. The van der Waals surface area contributed by atoms with E-state index in [0.29, 0.717) is 23.9 Å². The molecule has 1 heterocycles. The van der Waals surface area contributed by atoms with Crippen LogP contribution in [0.3, 0.4) is 0 Å². The van der Waals surface area contributed by atoms with Crippen LogP contribution in [0.2, 0.25) is 5.02 Å². The van der Waals surface area contributed by atoms with E-state index in [2.05, 4.69) is 11.8 Å². The number of hydrogen-bond donors (Lipinski definition) is 1. The van der Waals surface area contributed by atoms with E-state index < -0.39 is 6.10 Å². The number of nitrogens with zero attached hydrogens (tertiary/aromatic N) is 2. The number of piperazine rings is 1. The second-order valence-corrected chi connectivity index (χ2v) is 6.26. The molecular weight excluding hydrogens is 316 g/mol. The number of hydrogen-bond acceptors (Lipinski definition) is 4. The first-order chi connectivity index (χ1) is 11.0. The predicted molar refractivity (Wildman–Crippen MR) is 90.9 cm³/mol. The lowest BCUT2D eigenvalue weighted by Crippen LogP contribution is -2.54. The molecule has 2 atom stereocenters. The summed E-state index contributed by atoms with van der Waals surface area (Å²) >= 11 is 5.84. The van der Waals surface area contributed by atoms with E-state index in [9.17, 15) is 9.90 Å². The fraction of sp³-hybridized carbons (Fsp3) is 0.588. The molecule has 1 aromatic rings. The quantitative estimate of drug-likeness (QED) is 0.861. The monoisotopic (exact) mass is 340 g/mol. The molecule has 1 amide bonds. The maximum atomic E-state index is 12.5. The van der Waals surface area contributed by atoms with Crippen LogP contribution in [0.5, 0.6) is 5.75 Å². The number of ether oxygens (including phenoxy) is 1. The number of halogens is 1. The van der Waals surface area contributed by atoms with Crippen molar-refractivity contribution < 1.29 is 14.6 Å². The Morgan fingerprint density at radius 1 is 1.26 bits per heavy atom. The Balaban J connectivity index is 1.85. The van der Waals surface area contributed by atoms with Crippen molar-refractivity contribution in [2.45, 2.75) is 32.4 Å². The van der Waals surface area contributed by atoms with Crippen molar-refractivity contribution in [1.82, 2.24) is 9.80 Å². The summed E-state index contributed by atoms with van der Waals surface area (Å²) in [6.07, 6.45) is 0.392. The summed E-state index contributed by atoms with van der Waals surface area (Å²) in [5.74, 6) is 0.636. The number of aliphatic hydroxyl groups is 1. The highest BCUT2D eigenvalue weighted by Crippen LogP contribution is 2.18. The Hall–Kier alpha value is -1.30. The van der Waals surface area contributed by atoms with Crippen molar-refractivity contribution >= 4 is 17.5 Å². The SMILES string of the molecule is CCC(CO)N1CCN(C(=O)C(C)Oc2ccc(Cl)cc2)CC1. The molecule has 0 bridgehead atoms. The molecule has 1 aliphatic rings. The average molecular weight is 341 g/mol. The van der Waals surface area contributed by atoms with Crippen LogP contribution in [0.4, 0.5) is 0 Å². The average Bonchev–Trinajstić information content (AvgIpc) is 2.58. The molecule has 0 radical (unpaired) electrons. The zero-order valence-electron chi connectivity index (χ0n) is 13.7. The Morgan fingerprint density at radius 2 is 1.87 bits per heavy atom. The molecule has 1 aromatic carbocycles. The standard InChI is InChI=1S/C17H25ClN2O3/c1-3-15(12-21)19-8-10-20(11-9-19)17(22)13(2)23-16-6-4-14(18)5-7-16/h4-7,13,15,21H,3,8-12H2,1-2H3. The van der Waals surface area contributed by atoms with Gasteiger partial charge in [0.15, 0.2) is 6.10 Å². The molecule has 6 heteroatoms. The first-order valence-electron chi connectivity index (χ1n) is 8.11. The number of benzene rings is 1. The topological polar surface area (TPSA) is 53.0 Å². The van der Waals surface area contributed by atoms with Crippen LogP contribution in [0.15, 0.2) is 24.3 Å². The molecule has 1 saturated heterocycles. The Kier molecular flexibility index (Phi) is 6.69. The van der Waals surface area contributed by atoms with Crippen molar-refractivity contribution in [1.29, 1.82) is 0 Å². The molecule has 0 saturated carbocycles. The molecule has 5 nitrogen and oxygen atoms in total. The Bertz CT molecular complexity index is 497. The minimum absolute atomic E-state index is 0.00310. The van der Waals surface area contributed by atoms with Gasteiger partial charge in [0.1, 0.15) is 5.75 Å². The second-order valence-electron chi connectivity index (χ2n) is 5.82. The highest BCUT2D eigenvalue weighted by Gasteiger charge is 2.28. The van der Waals surface area contributed by atoms with Crippen molar-refractivity contribution in [3.8, 4) is 5.75 Å². The minimum atomic E-state index is -0.525. The zero-order valence-corrected chi connectivity index (χ0v) is 14.5. The third kappa shape index (κ3) is 4.83. The molecule has 0 aliphatic carbocycles. The van der Waals surface area contributed by atoms with Gasteiger partial charge in [-0.15, -0.1) is 0 Å². The lowest BCUT2D eigenvalue weighted by Gasteiger charge is -2.39. The van der Waals surface area contributed by atoms with Gasteiger partial charge in [-0.1, -0.05) is 18.5 Å². The molecule has 1 N–H and O–H groups in total. The number of carbonyl (C=O) groups excluding carboxylic acids is 1. The first-order valence-corrected chi connectivity index (χ1v) is 8.48. The van der Waals surface area contributed by atoms with Gasteiger partial charge in [-0.05, 0) is 37.6 Å². The number of carbonyl (C=O) groups is 1. The lowest BCUT2D eigenvalue weighted by atomic mass is 10.1. The van der Waals surface area contributed by atoms with E-state index in [1.807, 2.05) is 4.90 Å². The summed E-state index contributed by atoms with van der Waals surface area (Å²) in [7, 11) is 0. The normalized spacial score (nSPS) is 18.5. The van der Waals surface area contributed by atoms with Crippen LogP contribution in [-0.4, -0.2) is 65.7 Å². The maximum absolute atomic E-state index is 12.5. The van der Waals surface area contributed by atoms with E-state index in [4.69, 9.17) is 16.3 Å². The Morgan fingerprint density at radius 3 is 2.39 bits per heavy atom. The van der Waals surface area contributed by atoms with Gasteiger partial charge in [-0.2, -0.15) is 0 Å². The van der Waals surface area contributed by atoms with E-state index in [1.165, 1.54) is 0 Å². The van der Waals surface area contributed by atoms with E-state index in [1.54, 1.807) is 31.2 Å². The summed E-state index contributed by atoms with van der Waals surface area (Å²) in [5.41, 5.74) is 0. The Labute approximate surface area is 142 Å². The largest absolute Gasteiger partial charge is 0.481 e. The fourth-order valence-corrected chi connectivity index (χ4v) is 2.96. The van der Waals surface area contributed by atoms with Gasteiger partial charge >= 0.3 is 0 Å². The number of amides is 1. The fourth-order valence-electron chi connectivity index (χ4n) is 2.84. The summed E-state index contributed by atoms with van der Waals surface area (Å²) in [4.78, 5) is 16.6. The van der Waals surface area contributed by atoms with E-state index in [-0.39, 0.29) is 18.6 Å². The smallest absolute Gasteiger partial charge is 0.263 e. The van der Waals surface area contributed by atoms with Crippen LogP contribution >= 0.6 is 11.6 Å². The van der Waals surface area contributed by atoms with Gasteiger partial charge in [-0.25, -0.2) is 0 Å². The maximum Gasteiger partial charge on any atom is 0.263 e. The summed E-state index contributed by atoms with van der Waals surface area (Å²) in [6.45, 7) is 6.93. The van der Waals surface area contributed by atoms with E-state index >= 15 is 0 Å². The predicted octanol–water partition coefficient (Wildman–Crippen LogP) is 2.02. The zero-order chi connectivity index (χ0) is 16.8. The van der Waals surface area contributed by atoms with Gasteiger partial charge in [0.25, 0.3) is 5.91 Å². The second kappa shape index (κ2) is 8.52. The molecule has 2 unspecified atom stereocenters. The molecule has 0 aromatic heterocycles. The van der Waals surface area contributed by atoms with Crippen molar-refractivity contribution in [3.63, 3.8) is 0 Å². The molecule has 23 heavy (non-hydrogen) atoms. The van der Waals surface area contributed by atoms with Crippen LogP contribution in [0, 0.1) is 0 Å². The molecule has 1 fully saturated rings.